The van der Waals surface area contributed by atoms with E-state index >= 15 is 0 Å². The standard InChI is InChI=1S/C14H24N4S/c1-12-14(19-11-16-12)3-5-17-6-8-18(9-7-17)13-2-4-15-10-13/h11,13,15H,2-10H2,1H3. The summed E-state index contributed by atoms with van der Waals surface area (Å²) in [4.78, 5) is 11.1. The van der Waals surface area contributed by atoms with Crippen molar-refractivity contribution in [2.24, 2.45) is 0 Å². The van der Waals surface area contributed by atoms with E-state index in [0.717, 1.165) is 6.04 Å². The maximum Gasteiger partial charge on any atom is 0.0797 e. The van der Waals surface area contributed by atoms with Gasteiger partial charge in [0.05, 0.1) is 11.2 Å². The van der Waals surface area contributed by atoms with Gasteiger partial charge in [0.15, 0.2) is 0 Å². The monoisotopic (exact) mass is 280 g/mol. The smallest absolute Gasteiger partial charge is 0.0797 e. The van der Waals surface area contributed by atoms with Crippen molar-refractivity contribution in [1.29, 1.82) is 0 Å². The maximum absolute atomic E-state index is 4.33. The molecule has 0 radical (unpaired) electrons. The third-order valence-corrected chi connectivity index (χ3v) is 5.45. The molecule has 2 aliphatic heterocycles. The molecule has 3 heterocycles. The molecular formula is C14H24N4S. The number of rotatable bonds is 4. The van der Waals surface area contributed by atoms with Gasteiger partial charge in [-0.05, 0) is 26.3 Å². The van der Waals surface area contributed by atoms with E-state index in [-0.39, 0.29) is 0 Å². The Morgan fingerprint density at radius 3 is 2.84 bits per heavy atom. The second kappa shape index (κ2) is 6.31. The Bertz CT molecular complexity index is 392. The fourth-order valence-electron chi connectivity index (χ4n) is 3.13. The van der Waals surface area contributed by atoms with Crippen LogP contribution >= 0.6 is 11.3 Å². The van der Waals surface area contributed by atoms with Crippen molar-refractivity contribution in [3.8, 4) is 0 Å². The van der Waals surface area contributed by atoms with Gasteiger partial charge in [-0.3, -0.25) is 4.90 Å². The van der Waals surface area contributed by atoms with Gasteiger partial charge in [0.25, 0.3) is 0 Å². The van der Waals surface area contributed by atoms with Crippen LogP contribution in [0.3, 0.4) is 0 Å². The number of hydrogen-bond acceptors (Lipinski definition) is 5. The minimum Gasteiger partial charge on any atom is -0.315 e. The topological polar surface area (TPSA) is 31.4 Å². The van der Waals surface area contributed by atoms with E-state index in [9.17, 15) is 0 Å². The van der Waals surface area contributed by atoms with E-state index in [1.807, 2.05) is 5.51 Å². The highest BCUT2D eigenvalue weighted by molar-refractivity contribution is 7.09. The van der Waals surface area contributed by atoms with Crippen LogP contribution in [0.25, 0.3) is 0 Å². The second-order valence-corrected chi connectivity index (χ2v) is 6.57. The fraction of sp³-hybridized carbons (Fsp3) is 0.786. The maximum atomic E-state index is 4.33. The van der Waals surface area contributed by atoms with Crippen molar-refractivity contribution in [3.05, 3.63) is 16.1 Å². The minimum absolute atomic E-state index is 0.797. The van der Waals surface area contributed by atoms with Crippen LogP contribution < -0.4 is 5.32 Å². The van der Waals surface area contributed by atoms with Gasteiger partial charge in [0, 0.05) is 50.2 Å². The molecule has 2 saturated heterocycles. The molecule has 0 amide bonds. The van der Waals surface area contributed by atoms with E-state index in [4.69, 9.17) is 0 Å². The highest BCUT2D eigenvalue weighted by atomic mass is 32.1. The first-order valence-corrected chi connectivity index (χ1v) is 8.27. The molecule has 0 aliphatic carbocycles. The van der Waals surface area contributed by atoms with Crippen molar-refractivity contribution in [1.82, 2.24) is 20.1 Å². The fourth-order valence-corrected chi connectivity index (χ4v) is 3.90. The molecule has 106 valence electrons. The van der Waals surface area contributed by atoms with Crippen LogP contribution in [0, 0.1) is 6.92 Å². The first-order valence-electron chi connectivity index (χ1n) is 7.39. The number of aromatic nitrogens is 1. The molecule has 4 nitrogen and oxygen atoms in total. The minimum atomic E-state index is 0.797. The summed E-state index contributed by atoms with van der Waals surface area (Å²) in [5.74, 6) is 0. The zero-order chi connectivity index (χ0) is 13.1. The van der Waals surface area contributed by atoms with Gasteiger partial charge < -0.3 is 10.2 Å². The molecule has 5 heteroatoms. The summed E-state index contributed by atoms with van der Waals surface area (Å²) < 4.78 is 0. The average molecular weight is 280 g/mol. The van der Waals surface area contributed by atoms with Gasteiger partial charge in [-0.25, -0.2) is 4.98 Å². The summed E-state index contributed by atoms with van der Waals surface area (Å²) in [5, 5.41) is 3.47. The summed E-state index contributed by atoms with van der Waals surface area (Å²) in [6, 6.07) is 0.797. The van der Waals surface area contributed by atoms with E-state index in [1.165, 1.54) is 69.2 Å². The van der Waals surface area contributed by atoms with Crippen LogP contribution in [-0.4, -0.2) is 66.6 Å². The van der Waals surface area contributed by atoms with Crippen LogP contribution in [0.15, 0.2) is 5.51 Å². The van der Waals surface area contributed by atoms with Crippen LogP contribution in [0.5, 0.6) is 0 Å². The van der Waals surface area contributed by atoms with Crippen LogP contribution in [0.1, 0.15) is 17.0 Å². The quantitative estimate of drug-likeness (QED) is 0.891. The van der Waals surface area contributed by atoms with E-state index < -0.39 is 0 Å². The summed E-state index contributed by atoms with van der Waals surface area (Å²) in [6.45, 7) is 10.7. The van der Waals surface area contributed by atoms with E-state index in [2.05, 4.69) is 27.0 Å². The molecule has 1 unspecified atom stereocenters. The lowest BCUT2D eigenvalue weighted by molar-refractivity contribution is 0.103. The molecule has 19 heavy (non-hydrogen) atoms. The Kier molecular flexibility index (Phi) is 4.48. The number of piperazine rings is 1. The lowest BCUT2D eigenvalue weighted by atomic mass is 10.2. The predicted octanol–water partition coefficient (Wildman–Crippen LogP) is 0.974. The Morgan fingerprint density at radius 2 is 2.21 bits per heavy atom. The Balaban J connectivity index is 1.41. The van der Waals surface area contributed by atoms with Crippen molar-refractivity contribution < 1.29 is 0 Å². The molecule has 0 bridgehead atoms. The van der Waals surface area contributed by atoms with Crippen LogP contribution in [0.2, 0.25) is 0 Å². The molecule has 1 atom stereocenters. The van der Waals surface area contributed by atoms with Crippen molar-refractivity contribution in [3.63, 3.8) is 0 Å². The molecule has 1 aromatic rings. The molecule has 0 aromatic carbocycles. The number of nitrogens with zero attached hydrogens (tertiary/aromatic N) is 3. The van der Waals surface area contributed by atoms with Gasteiger partial charge in [-0.2, -0.15) is 0 Å². The Labute approximate surface area is 119 Å². The zero-order valence-corrected chi connectivity index (χ0v) is 12.6. The normalized spacial score (nSPS) is 26.1. The molecule has 1 N–H and O–H groups in total. The molecular weight excluding hydrogens is 256 g/mol. The van der Waals surface area contributed by atoms with Gasteiger partial charge >= 0.3 is 0 Å². The second-order valence-electron chi connectivity index (χ2n) is 5.64. The number of hydrogen-bond donors (Lipinski definition) is 1. The number of aryl methyl sites for hydroxylation is 1. The van der Waals surface area contributed by atoms with Crippen molar-refractivity contribution >= 4 is 11.3 Å². The molecule has 1 aromatic heterocycles. The molecule has 0 spiro atoms. The highest BCUT2D eigenvalue weighted by Gasteiger charge is 2.25. The average Bonchev–Trinajstić information content (AvgIpc) is 3.09. The molecule has 3 rings (SSSR count). The number of thiazole rings is 1. The van der Waals surface area contributed by atoms with Gasteiger partial charge in [-0.15, -0.1) is 11.3 Å². The molecule has 0 saturated carbocycles. The van der Waals surface area contributed by atoms with Gasteiger partial charge in [0.2, 0.25) is 0 Å². The SMILES string of the molecule is Cc1ncsc1CCN1CCN(C2CCNC2)CC1. The highest BCUT2D eigenvalue weighted by Crippen LogP contribution is 2.15. The van der Waals surface area contributed by atoms with Crippen LogP contribution in [0.4, 0.5) is 0 Å². The third kappa shape index (κ3) is 3.34. The van der Waals surface area contributed by atoms with Crippen LogP contribution in [-0.2, 0) is 6.42 Å². The number of nitrogens with one attached hydrogen (secondary N) is 1. The Morgan fingerprint density at radius 1 is 1.37 bits per heavy atom. The summed E-state index contributed by atoms with van der Waals surface area (Å²) in [7, 11) is 0. The first kappa shape index (κ1) is 13.5. The third-order valence-electron chi connectivity index (χ3n) is 4.46. The summed E-state index contributed by atoms with van der Waals surface area (Å²) >= 11 is 1.80. The predicted molar refractivity (Wildman–Crippen MR) is 79.8 cm³/mol. The Hall–Kier alpha value is -0.490. The van der Waals surface area contributed by atoms with Crippen molar-refractivity contribution in [2.45, 2.75) is 25.8 Å². The molecule has 2 aliphatic rings. The zero-order valence-electron chi connectivity index (χ0n) is 11.8. The van der Waals surface area contributed by atoms with E-state index in [1.54, 1.807) is 11.3 Å². The van der Waals surface area contributed by atoms with E-state index in [0.29, 0.717) is 0 Å². The lowest BCUT2D eigenvalue weighted by Crippen LogP contribution is -2.51. The van der Waals surface area contributed by atoms with Crippen molar-refractivity contribution in [2.75, 3.05) is 45.8 Å². The van der Waals surface area contributed by atoms with Gasteiger partial charge in [-0.1, -0.05) is 0 Å². The largest absolute Gasteiger partial charge is 0.315 e. The van der Waals surface area contributed by atoms with Gasteiger partial charge in [0.1, 0.15) is 0 Å². The summed E-state index contributed by atoms with van der Waals surface area (Å²) in [6.07, 6.45) is 2.50. The lowest BCUT2D eigenvalue weighted by Gasteiger charge is -2.37. The summed E-state index contributed by atoms with van der Waals surface area (Å²) in [5.41, 5.74) is 3.19. The first-order chi connectivity index (χ1) is 9.33. The molecule has 2 fully saturated rings.